The van der Waals surface area contributed by atoms with Gasteiger partial charge in [-0.05, 0) is 159 Å². The van der Waals surface area contributed by atoms with Gasteiger partial charge < -0.3 is 21.0 Å². The lowest BCUT2D eigenvalue weighted by Gasteiger charge is -2.60. The molecule has 0 amide bonds. The number of nitrogens with one attached hydrogen (secondary N) is 3. The minimum absolute atomic E-state index is 0.0961. The third-order valence-corrected chi connectivity index (χ3v) is 15.7. The summed E-state index contributed by atoms with van der Waals surface area (Å²) in [5.41, 5.74) is 16.1. The van der Waals surface area contributed by atoms with Gasteiger partial charge in [-0.15, -0.1) is 0 Å². The maximum atomic E-state index is 15.5. The van der Waals surface area contributed by atoms with E-state index in [1.165, 1.54) is 69.1 Å². The Bertz CT molecular complexity index is 2400. The van der Waals surface area contributed by atoms with Crippen molar-refractivity contribution in [1.29, 1.82) is 0 Å². The van der Waals surface area contributed by atoms with E-state index in [4.69, 9.17) is 5.73 Å². The Morgan fingerprint density at radius 1 is 0.678 bits per heavy atom. The van der Waals surface area contributed by atoms with Crippen LogP contribution in [0.1, 0.15) is 118 Å². The summed E-state index contributed by atoms with van der Waals surface area (Å²) >= 11 is 0. The number of H-pyrrole nitrogens is 2. The predicted octanol–water partition coefficient (Wildman–Crippen LogP) is 11.2. The first-order valence-electron chi connectivity index (χ1n) is 22.4. The molecule has 310 valence electrons. The molecule has 9 rings (SSSR count). The van der Waals surface area contributed by atoms with Gasteiger partial charge in [0.25, 0.3) is 0 Å². The molecule has 1 saturated heterocycles. The second kappa shape index (κ2) is 15.3. The van der Waals surface area contributed by atoms with Crippen LogP contribution in [0.25, 0.3) is 21.8 Å². The summed E-state index contributed by atoms with van der Waals surface area (Å²) < 4.78 is 15.5. The van der Waals surface area contributed by atoms with Crippen molar-refractivity contribution in [2.24, 2.45) is 5.73 Å². The average molecular weight is 793 g/mol. The second-order valence-electron chi connectivity index (χ2n) is 19.2. The molecule has 2 aromatic heterocycles. The molecule has 2 saturated carbocycles. The van der Waals surface area contributed by atoms with Gasteiger partial charge in [-0.1, -0.05) is 85.3 Å². The fraction of sp³-hybridized carbons (Fsp3) is 0.462. The third-order valence-electron chi connectivity index (χ3n) is 15.7. The number of hydrogen-bond acceptors (Lipinski definition) is 4. The van der Waals surface area contributed by atoms with Gasteiger partial charge in [0.15, 0.2) is 0 Å². The number of para-hydroxylation sites is 2. The molecule has 6 aromatic rings. The number of fused-ring (bicyclic) bond motifs is 2. The Morgan fingerprint density at radius 2 is 1.24 bits per heavy atom. The first-order chi connectivity index (χ1) is 28.4. The number of nitrogens with two attached hydrogens (primary N) is 1. The van der Waals surface area contributed by atoms with Gasteiger partial charge in [-0.2, -0.15) is 0 Å². The van der Waals surface area contributed by atoms with E-state index in [0.29, 0.717) is 0 Å². The first kappa shape index (κ1) is 40.2. The van der Waals surface area contributed by atoms with Gasteiger partial charge in [0.05, 0.1) is 16.7 Å². The SMILES string of the molecule is CNC1(c2[nH]c3ccccc3c2C)CCC(CN(C(C)(C)N)C2(c3ccccc3)CCC(c3[nH]c4ccccc4c3C)(N3CCCCC3)CC2)(c2cccc(F)c2)CC1. The van der Waals surface area contributed by atoms with E-state index in [1.807, 2.05) is 12.1 Å². The highest BCUT2D eigenvalue weighted by atomic mass is 19.1. The molecule has 3 heterocycles. The van der Waals surface area contributed by atoms with Crippen molar-refractivity contribution >= 4 is 21.8 Å². The van der Waals surface area contributed by atoms with Gasteiger partial charge in [0.1, 0.15) is 5.82 Å². The quantitative estimate of drug-likeness (QED) is 0.104. The van der Waals surface area contributed by atoms with Crippen molar-refractivity contribution < 1.29 is 4.39 Å². The molecule has 0 spiro atoms. The van der Waals surface area contributed by atoms with Crippen LogP contribution in [0.15, 0.2) is 103 Å². The Kier molecular flexibility index (Phi) is 10.4. The van der Waals surface area contributed by atoms with Gasteiger partial charge in [0.2, 0.25) is 0 Å². The van der Waals surface area contributed by atoms with Gasteiger partial charge in [-0.25, -0.2) is 4.39 Å². The van der Waals surface area contributed by atoms with E-state index in [0.717, 1.165) is 76.6 Å². The number of hydrogen-bond donors (Lipinski definition) is 4. The molecule has 59 heavy (non-hydrogen) atoms. The van der Waals surface area contributed by atoms with E-state index in [1.54, 1.807) is 6.07 Å². The lowest BCUT2D eigenvalue weighted by molar-refractivity contribution is -0.0892. The molecule has 6 nitrogen and oxygen atoms in total. The van der Waals surface area contributed by atoms with E-state index in [2.05, 4.69) is 145 Å². The van der Waals surface area contributed by atoms with Crippen molar-refractivity contribution in [3.05, 3.63) is 143 Å². The van der Waals surface area contributed by atoms with Crippen LogP contribution in [-0.2, 0) is 22.0 Å². The molecule has 2 aliphatic carbocycles. The number of piperidine rings is 1. The number of rotatable bonds is 10. The van der Waals surface area contributed by atoms with Crippen LogP contribution in [0.3, 0.4) is 0 Å². The normalized spacial score (nSPS) is 27.2. The van der Waals surface area contributed by atoms with Crippen molar-refractivity contribution in [3.8, 4) is 0 Å². The highest BCUT2D eigenvalue weighted by Crippen LogP contribution is 2.56. The Labute approximate surface area is 351 Å². The number of likely N-dealkylation sites (tertiary alicyclic amines) is 1. The summed E-state index contributed by atoms with van der Waals surface area (Å²) in [5.74, 6) is -0.173. The molecular formula is C52H65FN6. The van der Waals surface area contributed by atoms with Crippen LogP contribution >= 0.6 is 0 Å². The molecule has 4 aromatic carbocycles. The summed E-state index contributed by atoms with van der Waals surface area (Å²) in [4.78, 5) is 13.4. The van der Waals surface area contributed by atoms with E-state index in [9.17, 15) is 0 Å². The van der Waals surface area contributed by atoms with Crippen LogP contribution < -0.4 is 11.1 Å². The van der Waals surface area contributed by atoms with Crippen LogP contribution in [0, 0.1) is 19.7 Å². The number of nitrogens with zero attached hydrogens (tertiary/aromatic N) is 2. The van der Waals surface area contributed by atoms with Crippen molar-refractivity contribution in [2.75, 3.05) is 26.7 Å². The summed E-state index contributed by atoms with van der Waals surface area (Å²) in [7, 11) is 2.12. The van der Waals surface area contributed by atoms with Gasteiger partial charge >= 0.3 is 0 Å². The maximum Gasteiger partial charge on any atom is 0.123 e. The van der Waals surface area contributed by atoms with Gasteiger partial charge in [-0.3, -0.25) is 9.80 Å². The van der Waals surface area contributed by atoms with Crippen molar-refractivity contribution in [2.45, 2.75) is 126 Å². The molecule has 1 aliphatic heterocycles. The second-order valence-corrected chi connectivity index (χ2v) is 19.2. The molecule has 0 radical (unpaired) electrons. The van der Waals surface area contributed by atoms with Crippen LogP contribution in [0.2, 0.25) is 0 Å². The highest BCUT2D eigenvalue weighted by Gasteiger charge is 2.56. The lowest BCUT2D eigenvalue weighted by atomic mass is 9.61. The lowest BCUT2D eigenvalue weighted by Crippen LogP contribution is -2.67. The number of aromatic amines is 2. The standard InChI is InChI=1S/C52H65FN6/c1-37-42-21-10-12-23-44(42)56-46(37)50(55-5)27-25-49(26-28-50,40-19-16-20-41(53)35-40)36-59(48(3,4)54)51(39-17-8-6-9-18-39)29-31-52(32-30-51,58-33-14-7-15-34-58)47-38(2)43-22-11-13-24-45(43)57-47/h6,8-13,16-24,35,55-57H,7,14-15,25-34,36,54H2,1-5H3. The van der Waals surface area contributed by atoms with Crippen LogP contribution in [0.5, 0.6) is 0 Å². The van der Waals surface area contributed by atoms with E-state index >= 15 is 4.39 Å². The molecule has 0 atom stereocenters. The Hall–Kier alpha value is -4.27. The summed E-state index contributed by atoms with van der Waals surface area (Å²) in [5, 5.41) is 6.44. The predicted molar refractivity (Wildman–Crippen MR) is 242 cm³/mol. The minimum Gasteiger partial charge on any atom is -0.357 e. The molecular weight excluding hydrogens is 728 g/mol. The Balaban J connectivity index is 1.14. The zero-order valence-corrected chi connectivity index (χ0v) is 36.1. The molecule has 0 unspecified atom stereocenters. The smallest absolute Gasteiger partial charge is 0.123 e. The summed E-state index contributed by atoms with van der Waals surface area (Å²) in [6.07, 6.45) is 11.4. The van der Waals surface area contributed by atoms with Crippen LogP contribution in [-0.4, -0.2) is 52.1 Å². The average Bonchev–Trinajstić information content (AvgIpc) is 3.80. The topological polar surface area (TPSA) is 76.1 Å². The number of benzene rings is 4. The maximum absolute atomic E-state index is 15.5. The molecule has 3 fully saturated rings. The zero-order chi connectivity index (χ0) is 41.0. The largest absolute Gasteiger partial charge is 0.357 e. The molecule has 7 heteroatoms. The van der Waals surface area contributed by atoms with E-state index < -0.39 is 5.66 Å². The molecule has 5 N–H and O–H groups in total. The fourth-order valence-electron chi connectivity index (χ4n) is 12.4. The Morgan fingerprint density at radius 3 is 1.81 bits per heavy atom. The number of halogens is 1. The summed E-state index contributed by atoms with van der Waals surface area (Å²) in [6, 6.07) is 36.2. The minimum atomic E-state index is -0.663. The van der Waals surface area contributed by atoms with E-state index in [-0.39, 0.29) is 27.8 Å². The van der Waals surface area contributed by atoms with Crippen molar-refractivity contribution in [3.63, 3.8) is 0 Å². The van der Waals surface area contributed by atoms with Crippen molar-refractivity contribution in [1.82, 2.24) is 25.1 Å². The summed E-state index contributed by atoms with van der Waals surface area (Å²) in [6.45, 7) is 12.0. The fourth-order valence-corrected chi connectivity index (χ4v) is 12.4. The highest BCUT2D eigenvalue weighted by molar-refractivity contribution is 5.85. The number of aryl methyl sites for hydroxylation is 2. The number of aromatic nitrogens is 2. The zero-order valence-electron chi connectivity index (χ0n) is 36.1. The third kappa shape index (κ3) is 6.77. The first-order valence-corrected chi connectivity index (χ1v) is 22.4. The molecule has 3 aliphatic rings. The van der Waals surface area contributed by atoms with Gasteiger partial charge in [0, 0.05) is 50.7 Å². The van der Waals surface area contributed by atoms with Crippen LogP contribution in [0.4, 0.5) is 4.39 Å². The monoisotopic (exact) mass is 793 g/mol. The molecule has 0 bridgehead atoms.